The fraction of sp³-hybridized carbons (Fsp3) is 0.357. The van der Waals surface area contributed by atoms with Gasteiger partial charge in [-0.2, -0.15) is 13.2 Å². The van der Waals surface area contributed by atoms with Crippen LogP contribution in [0.4, 0.5) is 13.2 Å². The number of halogens is 3. The van der Waals surface area contributed by atoms with Crippen molar-refractivity contribution >= 4 is 11.8 Å². The highest BCUT2D eigenvalue weighted by atomic mass is 19.4. The van der Waals surface area contributed by atoms with Crippen molar-refractivity contribution in [2.75, 3.05) is 28.2 Å². The largest absolute Gasteiger partial charge is 0.416 e. The SMILES string of the molecule is CN(C)C=C(C=[N+](C)C)c1cccc(C(F)(F)F)c1. The van der Waals surface area contributed by atoms with E-state index in [1.54, 1.807) is 28.0 Å². The molecule has 0 spiro atoms. The first-order valence-electron chi connectivity index (χ1n) is 5.77. The van der Waals surface area contributed by atoms with E-state index in [0.717, 1.165) is 17.7 Å². The minimum absolute atomic E-state index is 0.539. The lowest BCUT2D eigenvalue weighted by atomic mass is 10.0. The van der Waals surface area contributed by atoms with Crippen LogP contribution in [-0.2, 0) is 6.18 Å². The van der Waals surface area contributed by atoms with Crippen LogP contribution >= 0.6 is 0 Å². The molecule has 0 N–H and O–H groups in total. The van der Waals surface area contributed by atoms with Gasteiger partial charge in [-0.3, -0.25) is 0 Å². The molecule has 0 saturated heterocycles. The van der Waals surface area contributed by atoms with Gasteiger partial charge in [-0.25, -0.2) is 4.58 Å². The highest BCUT2D eigenvalue weighted by Gasteiger charge is 2.30. The van der Waals surface area contributed by atoms with E-state index < -0.39 is 11.7 Å². The van der Waals surface area contributed by atoms with Crippen molar-refractivity contribution in [1.82, 2.24) is 4.90 Å². The molecule has 0 saturated carbocycles. The van der Waals surface area contributed by atoms with Gasteiger partial charge >= 0.3 is 6.18 Å². The topological polar surface area (TPSA) is 6.25 Å². The lowest BCUT2D eigenvalue weighted by Gasteiger charge is -2.11. The summed E-state index contributed by atoms with van der Waals surface area (Å²) >= 11 is 0. The molecule has 104 valence electrons. The monoisotopic (exact) mass is 271 g/mol. The fourth-order valence-electron chi connectivity index (χ4n) is 1.61. The standard InChI is InChI=1S/C14H18F3N2/c1-18(2)9-12(10-19(3)4)11-6-5-7-13(8-11)14(15,16)17/h5-10H,1-4H3/q+1. The zero-order valence-electron chi connectivity index (χ0n) is 11.5. The second kappa shape index (κ2) is 5.91. The number of nitrogens with zero attached hydrogens (tertiary/aromatic N) is 2. The van der Waals surface area contributed by atoms with Crippen LogP contribution in [0.3, 0.4) is 0 Å². The Labute approximate surface area is 111 Å². The molecular formula is C14H18F3N2+. The molecule has 0 aliphatic heterocycles. The minimum atomic E-state index is -4.32. The van der Waals surface area contributed by atoms with Crippen molar-refractivity contribution in [1.29, 1.82) is 0 Å². The Morgan fingerprint density at radius 2 is 1.84 bits per heavy atom. The predicted octanol–water partition coefficient (Wildman–Crippen LogP) is 2.95. The smallest absolute Gasteiger partial charge is 0.383 e. The van der Waals surface area contributed by atoms with Gasteiger partial charge in [0, 0.05) is 20.3 Å². The zero-order chi connectivity index (χ0) is 14.6. The lowest BCUT2D eigenvalue weighted by molar-refractivity contribution is -0.458. The summed E-state index contributed by atoms with van der Waals surface area (Å²) in [6, 6.07) is 5.33. The van der Waals surface area contributed by atoms with Crippen LogP contribution in [0.2, 0.25) is 0 Å². The van der Waals surface area contributed by atoms with Gasteiger partial charge in [-0.05, 0) is 17.7 Å². The maximum absolute atomic E-state index is 12.7. The maximum Gasteiger partial charge on any atom is 0.416 e. The molecule has 19 heavy (non-hydrogen) atoms. The summed E-state index contributed by atoms with van der Waals surface area (Å²) in [6.45, 7) is 0. The third kappa shape index (κ3) is 4.77. The quantitative estimate of drug-likeness (QED) is 0.605. The molecule has 0 radical (unpaired) electrons. The Kier molecular flexibility index (Phi) is 4.75. The molecule has 0 unspecified atom stereocenters. The van der Waals surface area contributed by atoms with Crippen molar-refractivity contribution < 1.29 is 17.7 Å². The van der Waals surface area contributed by atoms with E-state index in [-0.39, 0.29) is 0 Å². The summed E-state index contributed by atoms with van der Waals surface area (Å²) < 4.78 is 39.9. The molecule has 0 aliphatic rings. The van der Waals surface area contributed by atoms with Gasteiger partial charge in [0.15, 0.2) is 6.21 Å². The summed E-state index contributed by atoms with van der Waals surface area (Å²) in [6.07, 6.45) is -0.748. The van der Waals surface area contributed by atoms with Gasteiger partial charge < -0.3 is 4.90 Å². The van der Waals surface area contributed by atoms with E-state index >= 15 is 0 Å². The van der Waals surface area contributed by atoms with E-state index in [1.165, 1.54) is 6.07 Å². The number of benzene rings is 1. The fourth-order valence-corrected chi connectivity index (χ4v) is 1.61. The number of hydrogen-bond acceptors (Lipinski definition) is 1. The van der Waals surface area contributed by atoms with Gasteiger partial charge in [0.2, 0.25) is 0 Å². The van der Waals surface area contributed by atoms with Crippen LogP contribution in [0, 0.1) is 0 Å². The Morgan fingerprint density at radius 3 is 2.32 bits per heavy atom. The summed E-state index contributed by atoms with van der Waals surface area (Å²) in [5, 5.41) is 0. The second-order valence-corrected chi connectivity index (χ2v) is 4.72. The first-order valence-corrected chi connectivity index (χ1v) is 5.77. The lowest BCUT2D eigenvalue weighted by Crippen LogP contribution is -2.09. The molecule has 0 amide bonds. The average Bonchev–Trinajstić information content (AvgIpc) is 2.26. The summed E-state index contributed by atoms with van der Waals surface area (Å²) in [5.41, 5.74) is 0.625. The van der Waals surface area contributed by atoms with Crippen LogP contribution in [0.5, 0.6) is 0 Å². The minimum Gasteiger partial charge on any atom is -0.383 e. The molecule has 0 atom stereocenters. The van der Waals surface area contributed by atoms with Crippen molar-refractivity contribution in [2.45, 2.75) is 6.18 Å². The van der Waals surface area contributed by atoms with Gasteiger partial charge in [0.1, 0.15) is 14.1 Å². The molecule has 1 aromatic rings. The van der Waals surface area contributed by atoms with E-state index in [0.29, 0.717) is 5.56 Å². The molecule has 0 heterocycles. The van der Waals surface area contributed by atoms with Crippen LogP contribution in [0.25, 0.3) is 5.57 Å². The summed E-state index contributed by atoms with van der Waals surface area (Å²) in [4.78, 5) is 1.80. The highest BCUT2D eigenvalue weighted by molar-refractivity contribution is 6.07. The predicted molar refractivity (Wildman–Crippen MR) is 71.3 cm³/mol. The Morgan fingerprint density at radius 1 is 1.21 bits per heavy atom. The first-order chi connectivity index (χ1) is 8.70. The Bertz CT molecular complexity index is 496. The van der Waals surface area contributed by atoms with Crippen LogP contribution in [0.15, 0.2) is 30.5 Å². The van der Waals surface area contributed by atoms with Crippen molar-refractivity contribution in [2.24, 2.45) is 0 Å². The zero-order valence-corrected chi connectivity index (χ0v) is 11.5. The van der Waals surface area contributed by atoms with Gasteiger partial charge in [-0.1, -0.05) is 12.1 Å². The van der Waals surface area contributed by atoms with E-state index in [9.17, 15) is 13.2 Å². The molecule has 0 aromatic heterocycles. The molecule has 0 bridgehead atoms. The highest BCUT2D eigenvalue weighted by Crippen LogP contribution is 2.30. The molecule has 5 heteroatoms. The van der Waals surface area contributed by atoms with Gasteiger partial charge in [-0.15, -0.1) is 0 Å². The number of hydrogen-bond donors (Lipinski definition) is 0. The third-order valence-corrected chi connectivity index (χ3v) is 2.32. The number of allylic oxidation sites excluding steroid dienone is 1. The second-order valence-electron chi connectivity index (χ2n) is 4.72. The van der Waals surface area contributed by atoms with Gasteiger partial charge in [0.25, 0.3) is 0 Å². The molecule has 0 aliphatic carbocycles. The number of alkyl halides is 3. The van der Waals surface area contributed by atoms with Crippen LogP contribution < -0.4 is 0 Å². The molecular weight excluding hydrogens is 253 g/mol. The van der Waals surface area contributed by atoms with Crippen molar-refractivity contribution in [3.05, 3.63) is 41.6 Å². The van der Waals surface area contributed by atoms with E-state index in [4.69, 9.17) is 0 Å². The normalized spacial score (nSPS) is 12.3. The van der Waals surface area contributed by atoms with Crippen molar-refractivity contribution in [3.63, 3.8) is 0 Å². The maximum atomic E-state index is 12.7. The Balaban J connectivity index is 3.29. The van der Waals surface area contributed by atoms with Crippen LogP contribution in [0.1, 0.15) is 11.1 Å². The molecule has 1 rings (SSSR count). The molecule has 0 fully saturated rings. The third-order valence-electron chi connectivity index (χ3n) is 2.32. The average molecular weight is 271 g/mol. The van der Waals surface area contributed by atoms with Crippen LogP contribution in [-0.4, -0.2) is 43.9 Å². The summed E-state index contributed by atoms with van der Waals surface area (Å²) in [7, 11) is 7.32. The molecule has 2 nitrogen and oxygen atoms in total. The molecule has 1 aromatic carbocycles. The Hall–Kier alpha value is -1.78. The van der Waals surface area contributed by atoms with E-state index in [1.807, 2.05) is 28.2 Å². The first kappa shape index (κ1) is 15.3. The van der Waals surface area contributed by atoms with E-state index in [2.05, 4.69) is 0 Å². The number of rotatable bonds is 3. The van der Waals surface area contributed by atoms with Crippen molar-refractivity contribution in [3.8, 4) is 0 Å². The summed E-state index contributed by atoms with van der Waals surface area (Å²) in [5.74, 6) is 0. The van der Waals surface area contributed by atoms with Gasteiger partial charge in [0.05, 0.1) is 11.1 Å².